The average molecular weight is 499 g/mol. The minimum absolute atomic E-state index is 0.0698. The van der Waals surface area contributed by atoms with Crippen LogP contribution in [0.15, 0.2) is 71.9 Å². The molecule has 2 saturated carbocycles. The minimum Gasteiger partial charge on any atom is -0.437 e. The van der Waals surface area contributed by atoms with Gasteiger partial charge in [-0.3, -0.25) is 9.83 Å². The van der Waals surface area contributed by atoms with E-state index < -0.39 is 0 Å². The molecule has 6 nitrogen and oxygen atoms in total. The van der Waals surface area contributed by atoms with Crippen LogP contribution in [-0.2, 0) is 11.3 Å². The van der Waals surface area contributed by atoms with E-state index in [2.05, 4.69) is 35.8 Å². The first-order chi connectivity index (χ1) is 17.7. The molecule has 7 rings (SSSR count). The van der Waals surface area contributed by atoms with E-state index in [0.29, 0.717) is 36.6 Å². The number of hydrogen-bond donors (Lipinski definition) is 1. The predicted octanol–water partition coefficient (Wildman–Crippen LogP) is 6.43. The number of benzene rings is 2. The number of amidine groups is 1. The van der Waals surface area contributed by atoms with Crippen LogP contribution >= 0.6 is 11.6 Å². The van der Waals surface area contributed by atoms with Crippen molar-refractivity contribution in [3.8, 4) is 11.6 Å². The second kappa shape index (κ2) is 8.95. The van der Waals surface area contributed by atoms with Gasteiger partial charge in [0.25, 0.3) is 0 Å². The summed E-state index contributed by atoms with van der Waals surface area (Å²) >= 11 is 6.64. The lowest BCUT2D eigenvalue weighted by molar-refractivity contribution is 0.0623. The molecule has 1 aliphatic heterocycles. The zero-order chi connectivity index (χ0) is 24.1. The van der Waals surface area contributed by atoms with Gasteiger partial charge in [0.1, 0.15) is 5.75 Å². The molecule has 0 radical (unpaired) electrons. The van der Waals surface area contributed by atoms with Gasteiger partial charge in [-0.25, -0.2) is 10.00 Å². The summed E-state index contributed by atoms with van der Waals surface area (Å²) in [7, 11) is 0. The quantitative estimate of drug-likeness (QED) is 0.319. The second-order valence-corrected chi connectivity index (χ2v) is 10.5. The summed E-state index contributed by atoms with van der Waals surface area (Å²) in [6, 6.07) is 20.7. The molecule has 2 aromatic carbocycles. The molecular weight excluding hydrogens is 472 g/mol. The molecule has 3 aliphatic rings. The van der Waals surface area contributed by atoms with Gasteiger partial charge in [0.2, 0.25) is 5.88 Å². The summed E-state index contributed by atoms with van der Waals surface area (Å²) in [4.78, 5) is 10.8. The van der Waals surface area contributed by atoms with E-state index >= 15 is 0 Å². The maximum atomic E-state index is 6.64. The number of halogens is 1. The highest BCUT2D eigenvalue weighted by Gasteiger charge is 2.26. The maximum Gasteiger partial charge on any atom is 0.248 e. The zero-order valence-electron chi connectivity index (χ0n) is 19.9. The van der Waals surface area contributed by atoms with Crippen LogP contribution in [0.2, 0.25) is 5.02 Å². The molecule has 2 fully saturated rings. The van der Waals surface area contributed by atoms with Crippen LogP contribution in [0, 0.1) is 0 Å². The van der Waals surface area contributed by atoms with Gasteiger partial charge in [0, 0.05) is 11.2 Å². The number of fused-ring (bicyclic) bond motifs is 1. The van der Waals surface area contributed by atoms with Crippen molar-refractivity contribution in [3.05, 3.63) is 94.1 Å². The normalized spacial score (nSPS) is 19.7. The average Bonchev–Trinajstić information content (AvgIpc) is 3.82. The number of nitrogens with one attached hydrogen (secondary N) is 1. The molecule has 3 heterocycles. The van der Waals surface area contributed by atoms with Gasteiger partial charge >= 0.3 is 0 Å². The molecule has 2 aliphatic carbocycles. The zero-order valence-corrected chi connectivity index (χ0v) is 20.6. The Morgan fingerprint density at radius 1 is 0.972 bits per heavy atom. The minimum atomic E-state index is -0.0698. The van der Waals surface area contributed by atoms with Crippen LogP contribution in [0.1, 0.15) is 59.8 Å². The van der Waals surface area contributed by atoms with E-state index in [1.165, 1.54) is 36.8 Å². The Hall–Kier alpha value is -3.35. The summed E-state index contributed by atoms with van der Waals surface area (Å²) < 4.78 is 8.16. The van der Waals surface area contributed by atoms with Gasteiger partial charge in [-0.05, 0) is 97.0 Å². The Morgan fingerprint density at radius 2 is 1.81 bits per heavy atom. The fourth-order valence-corrected chi connectivity index (χ4v) is 5.16. The fourth-order valence-electron chi connectivity index (χ4n) is 4.89. The molecule has 4 aromatic rings. The highest BCUT2D eigenvalue weighted by Crippen LogP contribution is 2.42. The first-order valence-corrected chi connectivity index (χ1v) is 13.1. The number of nitrogens with zero attached hydrogens (tertiary/aromatic N) is 3. The summed E-state index contributed by atoms with van der Waals surface area (Å²) in [6.07, 6.45) is 7.64. The van der Waals surface area contributed by atoms with Gasteiger partial charge in [-0.2, -0.15) is 0 Å². The Morgan fingerprint density at radius 3 is 2.61 bits per heavy atom. The topological polar surface area (TPSA) is 60.2 Å². The fraction of sp³-hybridized carbons (Fsp3) is 0.310. The third kappa shape index (κ3) is 4.47. The summed E-state index contributed by atoms with van der Waals surface area (Å²) in [5.74, 6) is 3.20. The predicted molar refractivity (Wildman–Crippen MR) is 140 cm³/mol. The van der Waals surface area contributed by atoms with Crippen molar-refractivity contribution >= 4 is 23.0 Å². The number of rotatable bonds is 7. The second-order valence-electron chi connectivity index (χ2n) is 10.1. The highest BCUT2D eigenvalue weighted by molar-refractivity contribution is 6.31. The molecule has 182 valence electrons. The van der Waals surface area contributed by atoms with Crippen LogP contribution in [0.4, 0.5) is 0 Å². The summed E-state index contributed by atoms with van der Waals surface area (Å²) in [6.45, 7) is 0.463. The van der Waals surface area contributed by atoms with Crippen molar-refractivity contribution in [2.24, 2.45) is 4.99 Å². The van der Waals surface area contributed by atoms with Crippen LogP contribution in [-0.4, -0.2) is 28.1 Å². The molecule has 0 bridgehead atoms. The first kappa shape index (κ1) is 21.9. The maximum absolute atomic E-state index is 6.64. The van der Waals surface area contributed by atoms with Crippen molar-refractivity contribution in [1.82, 2.24) is 15.1 Å². The molecule has 0 amide bonds. The molecule has 1 atom stereocenters. The standard InChI is InChI=1S/C29H27ClN4O2/c30-27-15-21(19-8-9-19)10-11-22(27)13-23-17-35-33-28(31-23)26-16-24-4-2-12-34(24)32-29(26)36-25-5-1-3-20(14-25)18-6-7-18/h1-5,10-12,14-16,18-19,23H,6-9,13,17H2,(H,31,33). The van der Waals surface area contributed by atoms with Crippen LogP contribution in [0.25, 0.3) is 5.52 Å². The number of aliphatic imine (C=N–C) groups is 1. The SMILES string of the molecule is Clc1cc(C2CC2)ccc1CC1CONC(c2cc3cccn3nc2Oc2cccc(C3CC3)c2)=N1. The van der Waals surface area contributed by atoms with Crippen LogP contribution < -0.4 is 10.2 Å². The summed E-state index contributed by atoms with van der Waals surface area (Å²) in [5.41, 5.74) is 8.47. The lowest BCUT2D eigenvalue weighted by Crippen LogP contribution is -2.37. The largest absolute Gasteiger partial charge is 0.437 e. The number of ether oxygens (including phenoxy) is 1. The van der Waals surface area contributed by atoms with E-state index in [0.717, 1.165) is 27.4 Å². The lowest BCUT2D eigenvalue weighted by Gasteiger charge is -2.23. The number of aromatic nitrogens is 2. The Balaban J connectivity index is 1.19. The monoisotopic (exact) mass is 498 g/mol. The molecule has 7 heteroatoms. The van der Waals surface area contributed by atoms with Gasteiger partial charge in [0.05, 0.1) is 23.7 Å². The third-order valence-corrected chi connectivity index (χ3v) is 7.55. The van der Waals surface area contributed by atoms with Gasteiger partial charge in [-0.15, -0.1) is 5.10 Å². The molecule has 36 heavy (non-hydrogen) atoms. The van der Waals surface area contributed by atoms with E-state index in [1.807, 2.05) is 41.0 Å². The molecule has 1 unspecified atom stereocenters. The van der Waals surface area contributed by atoms with Crippen LogP contribution in [0.3, 0.4) is 0 Å². The van der Waals surface area contributed by atoms with Crippen molar-refractivity contribution in [1.29, 1.82) is 0 Å². The molecule has 0 saturated heterocycles. The Labute approximate surface area is 214 Å². The molecular formula is C29H27ClN4O2. The molecule has 0 spiro atoms. The summed E-state index contributed by atoms with van der Waals surface area (Å²) in [5, 5.41) is 5.56. The van der Waals surface area contributed by atoms with Gasteiger partial charge in [-0.1, -0.05) is 35.9 Å². The lowest BCUT2D eigenvalue weighted by atomic mass is 10.0. The smallest absolute Gasteiger partial charge is 0.248 e. The third-order valence-electron chi connectivity index (χ3n) is 7.19. The van der Waals surface area contributed by atoms with E-state index in [9.17, 15) is 0 Å². The van der Waals surface area contributed by atoms with Gasteiger partial charge < -0.3 is 4.74 Å². The Kier molecular flexibility index (Phi) is 5.44. The van der Waals surface area contributed by atoms with E-state index in [-0.39, 0.29) is 6.04 Å². The van der Waals surface area contributed by atoms with Crippen LogP contribution in [0.5, 0.6) is 11.6 Å². The number of hydrogen-bond acceptors (Lipinski definition) is 5. The van der Waals surface area contributed by atoms with Crippen molar-refractivity contribution in [2.75, 3.05) is 6.61 Å². The molecule has 2 aromatic heterocycles. The van der Waals surface area contributed by atoms with Crippen molar-refractivity contribution < 1.29 is 9.57 Å². The van der Waals surface area contributed by atoms with E-state index in [1.54, 1.807) is 0 Å². The highest BCUT2D eigenvalue weighted by atomic mass is 35.5. The Bertz CT molecular complexity index is 1470. The van der Waals surface area contributed by atoms with Gasteiger partial charge in [0.15, 0.2) is 5.84 Å². The van der Waals surface area contributed by atoms with E-state index in [4.69, 9.17) is 31.3 Å². The van der Waals surface area contributed by atoms with Crippen molar-refractivity contribution in [3.63, 3.8) is 0 Å². The first-order valence-electron chi connectivity index (χ1n) is 12.7. The van der Waals surface area contributed by atoms with Crippen molar-refractivity contribution in [2.45, 2.75) is 50.0 Å². The molecule has 1 N–H and O–H groups in total. The number of hydroxylamine groups is 1.